The first-order valence-electron chi connectivity index (χ1n) is 8.43. The summed E-state index contributed by atoms with van der Waals surface area (Å²) in [5.74, 6) is -0.777. The lowest BCUT2D eigenvalue weighted by Gasteiger charge is -2.12. The molecule has 2 aromatic carbocycles. The summed E-state index contributed by atoms with van der Waals surface area (Å²) in [6, 6.07) is 10.5. The Morgan fingerprint density at radius 1 is 1.03 bits per heavy atom. The molecule has 29 heavy (non-hydrogen) atoms. The molecule has 7 nitrogen and oxygen atoms in total. The third-order valence-corrected chi connectivity index (χ3v) is 3.59. The average molecular weight is 430 g/mol. The van der Waals surface area contributed by atoms with Crippen molar-refractivity contribution >= 4 is 29.2 Å². The van der Waals surface area contributed by atoms with Gasteiger partial charge in [-0.15, -0.1) is 0 Å². The van der Waals surface area contributed by atoms with E-state index in [1.807, 2.05) is 6.92 Å². The van der Waals surface area contributed by atoms with Crippen LogP contribution < -0.4 is 19.5 Å². The number of nitrogens with one attached hydrogen (secondary N) is 1. The fourth-order valence-corrected chi connectivity index (χ4v) is 2.36. The van der Waals surface area contributed by atoms with Crippen molar-refractivity contribution < 1.29 is 37.3 Å². The first-order valence-corrected chi connectivity index (χ1v) is 8.81. The minimum atomic E-state index is -3.02. The number of hydrogen-bond acceptors (Lipinski definition) is 6. The Bertz CT molecular complexity index is 849. The number of para-hydroxylation sites is 2. The molecule has 0 unspecified atom stereocenters. The molecule has 0 heterocycles. The number of alkyl halides is 2. The lowest BCUT2D eigenvalue weighted by atomic mass is 10.3. The smallest absolute Gasteiger partial charge is 0.387 e. The molecule has 2 aromatic rings. The van der Waals surface area contributed by atoms with E-state index in [1.165, 1.54) is 18.2 Å². The maximum Gasteiger partial charge on any atom is 0.387 e. The predicted molar refractivity (Wildman–Crippen MR) is 101 cm³/mol. The van der Waals surface area contributed by atoms with Gasteiger partial charge in [0.15, 0.2) is 24.7 Å². The summed E-state index contributed by atoms with van der Waals surface area (Å²) in [6.07, 6.45) is 0. The van der Waals surface area contributed by atoms with Crippen molar-refractivity contribution in [3.63, 3.8) is 0 Å². The Balaban J connectivity index is 1.79. The number of rotatable bonds is 10. The van der Waals surface area contributed by atoms with E-state index in [4.69, 9.17) is 25.8 Å². The molecule has 156 valence electrons. The summed E-state index contributed by atoms with van der Waals surface area (Å²) in [6.45, 7) is -1.75. The first kappa shape index (κ1) is 22.2. The van der Waals surface area contributed by atoms with Crippen LogP contribution in [0.2, 0.25) is 5.02 Å². The molecule has 0 radical (unpaired) electrons. The molecular formula is C19H18ClF2NO6. The van der Waals surface area contributed by atoms with Crippen LogP contribution in [0.3, 0.4) is 0 Å². The Morgan fingerprint density at radius 3 is 2.34 bits per heavy atom. The van der Waals surface area contributed by atoms with Gasteiger partial charge in [0.1, 0.15) is 5.75 Å². The van der Waals surface area contributed by atoms with Crippen molar-refractivity contribution in [2.24, 2.45) is 0 Å². The number of halogens is 3. The Labute approximate surface area is 170 Å². The standard InChI is InChI=1S/C19H18ClF2NO6/c1-2-26-15-5-3-4-6-16(15)27-11-18(25)28-10-17(24)23-12-7-8-14(13(20)9-12)29-19(21)22/h3-9,19H,2,10-11H2,1H3,(H,23,24). The number of anilines is 1. The number of ether oxygens (including phenoxy) is 4. The molecule has 10 heteroatoms. The van der Waals surface area contributed by atoms with Crippen LogP contribution in [0.5, 0.6) is 17.2 Å². The fraction of sp³-hybridized carbons (Fsp3) is 0.263. The molecule has 0 aliphatic heterocycles. The lowest BCUT2D eigenvalue weighted by Crippen LogP contribution is -2.23. The second-order valence-corrected chi connectivity index (χ2v) is 5.81. The molecule has 0 saturated heterocycles. The van der Waals surface area contributed by atoms with Crippen LogP contribution in [0.25, 0.3) is 0 Å². The van der Waals surface area contributed by atoms with Crippen molar-refractivity contribution in [1.29, 1.82) is 0 Å². The maximum absolute atomic E-state index is 12.2. The van der Waals surface area contributed by atoms with Crippen molar-refractivity contribution in [1.82, 2.24) is 0 Å². The van der Waals surface area contributed by atoms with Crippen molar-refractivity contribution in [2.75, 3.05) is 25.1 Å². The predicted octanol–water partition coefficient (Wildman–Crippen LogP) is 3.90. The maximum atomic E-state index is 12.2. The van der Waals surface area contributed by atoms with Crippen LogP contribution in [0.4, 0.5) is 14.5 Å². The third kappa shape index (κ3) is 7.46. The number of benzene rings is 2. The highest BCUT2D eigenvalue weighted by molar-refractivity contribution is 6.32. The monoisotopic (exact) mass is 429 g/mol. The second-order valence-electron chi connectivity index (χ2n) is 5.40. The van der Waals surface area contributed by atoms with Gasteiger partial charge in [-0.3, -0.25) is 4.79 Å². The van der Waals surface area contributed by atoms with Crippen LogP contribution in [-0.2, 0) is 14.3 Å². The molecule has 1 amide bonds. The van der Waals surface area contributed by atoms with E-state index >= 15 is 0 Å². The summed E-state index contributed by atoms with van der Waals surface area (Å²) in [5.41, 5.74) is 0.222. The highest BCUT2D eigenvalue weighted by Gasteiger charge is 2.13. The quantitative estimate of drug-likeness (QED) is 0.577. The highest BCUT2D eigenvalue weighted by Crippen LogP contribution is 2.29. The van der Waals surface area contributed by atoms with Gasteiger partial charge >= 0.3 is 12.6 Å². The van der Waals surface area contributed by atoms with Crippen molar-refractivity contribution in [2.45, 2.75) is 13.5 Å². The highest BCUT2D eigenvalue weighted by atomic mass is 35.5. The summed E-state index contributed by atoms with van der Waals surface area (Å²) in [5, 5.41) is 2.30. The molecule has 0 spiro atoms. The number of hydrogen-bond donors (Lipinski definition) is 1. The third-order valence-electron chi connectivity index (χ3n) is 3.29. The van der Waals surface area contributed by atoms with E-state index in [2.05, 4.69) is 10.1 Å². The van der Waals surface area contributed by atoms with E-state index in [0.717, 1.165) is 0 Å². The number of carbonyl (C=O) groups excluding carboxylic acids is 2. The first-order chi connectivity index (χ1) is 13.9. The zero-order chi connectivity index (χ0) is 21.2. The molecule has 0 atom stereocenters. The van der Waals surface area contributed by atoms with Crippen LogP contribution in [0.1, 0.15) is 6.92 Å². The van der Waals surface area contributed by atoms with E-state index in [0.29, 0.717) is 18.1 Å². The van der Waals surface area contributed by atoms with Crippen molar-refractivity contribution in [3.05, 3.63) is 47.5 Å². The molecule has 0 bridgehead atoms. The van der Waals surface area contributed by atoms with Crippen LogP contribution in [0, 0.1) is 0 Å². The SMILES string of the molecule is CCOc1ccccc1OCC(=O)OCC(=O)Nc1ccc(OC(F)F)c(Cl)c1. The normalized spacial score (nSPS) is 10.4. The number of esters is 1. The minimum absolute atomic E-state index is 0.110. The van der Waals surface area contributed by atoms with Crippen molar-refractivity contribution in [3.8, 4) is 17.2 Å². The van der Waals surface area contributed by atoms with E-state index in [-0.39, 0.29) is 16.5 Å². The molecule has 0 fully saturated rings. The number of amides is 1. The van der Waals surface area contributed by atoms with Gasteiger partial charge in [0, 0.05) is 5.69 Å². The van der Waals surface area contributed by atoms with Crippen LogP contribution >= 0.6 is 11.6 Å². The Morgan fingerprint density at radius 2 is 1.72 bits per heavy atom. The van der Waals surface area contributed by atoms with E-state index < -0.39 is 31.7 Å². The Hall–Kier alpha value is -3.07. The van der Waals surface area contributed by atoms with Gasteiger partial charge < -0.3 is 24.3 Å². The Kier molecular flexibility index (Phi) is 8.47. The van der Waals surface area contributed by atoms with Gasteiger partial charge in [0.05, 0.1) is 11.6 Å². The van der Waals surface area contributed by atoms with Gasteiger partial charge in [-0.1, -0.05) is 23.7 Å². The van der Waals surface area contributed by atoms with Gasteiger partial charge in [0.2, 0.25) is 0 Å². The summed E-state index contributed by atoms with van der Waals surface area (Å²) >= 11 is 5.80. The van der Waals surface area contributed by atoms with E-state index in [1.54, 1.807) is 24.3 Å². The topological polar surface area (TPSA) is 83.1 Å². The van der Waals surface area contributed by atoms with Gasteiger partial charge in [-0.2, -0.15) is 8.78 Å². The average Bonchev–Trinajstić information content (AvgIpc) is 2.68. The zero-order valence-corrected chi connectivity index (χ0v) is 16.1. The van der Waals surface area contributed by atoms with Crippen LogP contribution in [-0.4, -0.2) is 38.3 Å². The lowest BCUT2D eigenvalue weighted by molar-refractivity contribution is -0.149. The molecule has 0 saturated carbocycles. The minimum Gasteiger partial charge on any atom is -0.490 e. The van der Waals surface area contributed by atoms with E-state index in [9.17, 15) is 18.4 Å². The van der Waals surface area contributed by atoms with Gasteiger partial charge in [-0.05, 0) is 37.3 Å². The fourth-order valence-electron chi connectivity index (χ4n) is 2.14. The second kappa shape index (κ2) is 11.1. The molecule has 0 aromatic heterocycles. The molecule has 1 N–H and O–H groups in total. The summed E-state index contributed by atoms with van der Waals surface area (Å²) in [4.78, 5) is 23.6. The summed E-state index contributed by atoms with van der Waals surface area (Å²) < 4.78 is 44.1. The molecule has 2 rings (SSSR count). The number of carbonyl (C=O) groups is 2. The molecule has 0 aliphatic carbocycles. The van der Waals surface area contributed by atoms with Gasteiger partial charge in [0.25, 0.3) is 5.91 Å². The van der Waals surface area contributed by atoms with Crippen LogP contribution in [0.15, 0.2) is 42.5 Å². The zero-order valence-electron chi connectivity index (χ0n) is 15.3. The largest absolute Gasteiger partial charge is 0.490 e. The summed E-state index contributed by atoms with van der Waals surface area (Å²) in [7, 11) is 0. The molecule has 0 aliphatic rings. The molecular weight excluding hydrogens is 412 g/mol. The van der Waals surface area contributed by atoms with Gasteiger partial charge in [-0.25, -0.2) is 4.79 Å².